The number of urea groups is 1. The predicted octanol–water partition coefficient (Wildman–Crippen LogP) is -1.56. The molecule has 0 radical (unpaired) electrons. The van der Waals surface area contributed by atoms with Crippen molar-refractivity contribution in [3.05, 3.63) is 0 Å². The Hall–Kier alpha value is -1.84. The molecule has 0 saturated heterocycles. The van der Waals surface area contributed by atoms with Crippen LogP contribution >= 0.6 is 0 Å². The van der Waals surface area contributed by atoms with E-state index >= 15 is 0 Å². The number of nitrogens with one attached hydrogen (secondary N) is 2. The first-order valence-electron chi connectivity index (χ1n) is 5.85. The van der Waals surface area contributed by atoms with Gasteiger partial charge in [-0.3, -0.25) is 4.79 Å². The molecule has 0 aromatic rings. The summed E-state index contributed by atoms with van der Waals surface area (Å²) in [7, 11) is -3.09. The maximum absolute atomic E-state index is 11.4. The average Bonchev–Trinajstić information content (AvgIpc) is 2.28. The van der Waals surface area contributed by atoms with Crippen LogP contribution in [0.4, 0.5) is 4.79 Å². The number of carbonyl (C=O) groups is 3. The molecule has 0 aromatic carbocycles. The highest BCUT2D eigenvalue weighted by molar-refractivity contribution is 7.90. The Labute approximate surface area is 116 Å². The minimum absolute atomic E-state index is 0.0721. The van der Waals surface area contributed by atoms with Crippen molar-refractivity contribution in [2.45, 2.75) is 25.3 Å². The van der Waals surface area contributed by atoms with Crippen LogP contribution in [0.15, 0.2) is 0 Å². The van der Waals surface area contributed by atoms with E-state index in [9.17, 15) is 22.8 Å². The molecule has 5 N–H and O–H groups in total. The topological polar surface area (TPSA) is 156 Å². The summed E-state index contributed by atoms with van der Waals surface area (Å²) in [5.74, 6) is -2.01. The Bertz CT molecular complexity index is 462. The fourth-order valence-electron chi connectivity index (χ4n) is 1.29. The fraction of sp³-hybridized carbons (Fsp3) is 0.700. The van der Waals surface area contributed by atoms with Crippen LogP contribution in [0.25, 0.3) is 0 Å². The lowest BCUT2D eigenvalue weighted by Gasteiger charge is -2.14. The normalized spacial score (nSPS) is 12.4. The van der Waals surface area contributed by atoms with Gasteiger partial charge in [-0.25, -0.2) is 18.0 Å². The van der Waals surface area contributed by atoms with Gasteiger partial charge in [0, 0.05) is 19.2 Å². The molecule has 20 heavy (non-hydrogen) atoms. The van der Waals surface area contributed by atoms with Crippen molar-refractivity contribution in [1.82, 2.24) is 10.6 Å². The van der Waals surface area contributed by atoms with Gasteiger partial charge >= 0.3 is 12.0 Å². The second-order valence-electron chi connectivity index (χ2n) is 4.28. The highest BCUT2D eigenvalue weighted by Gasteiger charge is 2.20. The molecule has 10 heteroatoms. The highest BCUT2D eigenvalue weighted by Crippen LogP contribution is 1.97. The Kier molecular flexibility index (Phi) is 7.59. The number of hydrogen-bond donors (Lipinski definition) is 4. The third-order valence-electron chi connectivity index (χ3n) is 2.26. The molecule has 1 atom stereocenters. The Morgan fingerprint density at radius 3 is 2.35 bits per heavy atom. The summed E-state index contributed by atoms with van der Waals surface area (Å²) >= 11 is 0. The van der Waals surface area contributed by atoms with Crippen LogP contribution in [0.3, 0.4) is 0 Å². The SMILES string of the molecule is CS(=O)(=O)CCCNC(=O)NC(CCC(N)=O)C(=O)O. The quantitative estimate of drug-likeness (QED) is 0.377. The lowest BCUT2D eigenvalue weighted by Crippen LogP contribution is -2.46. The van der Waals surface area contributed by atoms with E-state index in [1.54, 1.807) is 0 Å². The molecule has 0 aliphatic heterocycles. The molecule has 1 unspecified atom stereocenters. The first kappa shape index (κ1) is 18.2. The van der Waals surface area contributed by atoms with Crippen LogP contribution < -0.4 is 16.4 Å². The molecule has 0 aliphatic carbocycles. The number of carboxylic acids is 1. The van der Waals surface area contributed by atoms with Crippen LogP contribution in [0.1, 0.15) is 19.3 Å². The Morgan fingerprint density at radius 1 is 1.30 bits per heavy atom. The molecule has 116 valence electrons. The summed E-state index contributed by atoms with van der Waals surface area (Å²) in [6.07, 6.45) is 1.04. The molecule has 0 aromatic heterocycles. The standard InChI is InChI=1S/C10H19N3O6S/c1-20(18,19)6-2-5-12-10(17)13-7(9(15)16)3-4-8(11)14/h7H,2-6H2,1H3,(H2,11,14)(H,15,16)(H2,12,13,17). The van der Waals surface area contributed by atoms with Crippen molar-refractivity contribution in [2.75, 3.05) is 18.6 Å². The summed E-state index contributed by atoms with van der Waals surface area (Å²) in [6, 6.07) is -1.97. The molecule has 0 rings (SSSR count). The van der Waals surface area contributed by atoms with Gasteiger partial charge in [0.15, 0.2) is 0 Å². The van der Waals surface area contributed by atoms with Crippen LogP contribution in [-0.4, -0.2) is 56.0 Å². The molecule has 0 bridgehead atoms. The number of amides is 3. The van der Waals surface area contributed by atoms with Crippen LogP contribution in [0.2, 0.25) is 0 Å². The van der Waals surface area contributed by atoms with E-state index < -0.39 is 33.8 Å². The Balaban J connectivity index is 4.07. The van der Waals surface area contributed by atoms with Crippen molar-refractivity contribution in [1.29, 1.82) is 0 Å². The van der Waals surface area contributed by atoms with Crippen LogP contribution in [0, 0.1) is 0 Å². The highest BCUT2D eigenvalue weighted by atomic mass is 32.2. The molecule has 3 amide bonds. The van der Waals surface area contributed by atoms with E-state index in [1.807, 2.05) is 0 Å². The molecule has 0 heterocycles. The van der Waals surface area contributed by atoms with Crippen LogP contribution in [0.5, 0.6) is 0 Å². The van der Waals surface area contributed by atoms with Gasteiger partial charge in [0.05, 0.1) is 5.75 Å². The summed E-state index contributed by atoms with van der Waals surface area (Å²) in [5.41, 5.74) is 4.89. The third kappa shape index (κ3) is 10.1. The monoisotopic (exact) mass is 309 g/mol. The zero-order valence-corrected chi connectivity index (χ0v) is 11.9. The molecule has 0 aliphatic rings. The third-order valence-corrected chi connectivity index (χ3v) is 3.29. The van der Waals surface area contributed by atoms with Gasteiger partial charge in [0.2, 0.25) is 5.91 Å². The second-order valence-corrected chi connectivity index (χ2v) is 6.54. The summed E-state index contributed by atoms with van der Waals surface area (Å²) in [5, 5.41) is 13.3. The smallest absolute Gasteiger partial charge is 0.326 e. The van der Waals surface area contributed by atoms with Gasteiger partial charge in [-0.2, -0.15) is 0 Å². The van der Waals surface area contributed by atoms with Gasteiger partial charge in [0.1, 0.15) is 15.9 Å². The molecule has 0 saturated carbocycles. The minimum Gasteiger partial charge on any atom is -0.480 e. The summed E-state index contributed by atoms with van der Waals surface area (Å²) in [4.78, 5) is 32.8. The van der Waals surface area contributed by atoms with E-state index in [4.69, 9.17) is 10.8 Å². The number of aliphatic carboxylic acids is 1. The molecule has 9 nitrogen and oxygen atoms in total. The number of rotatable bonds is 9. The van der Waals surface area contributed by atoms with Crippen molar-refractivity contribution in [3.8, 4) is 0 Å². The number of sulfone groups is 1. The second kappa shape index (κ2) is 8.35. The molecular formula is C10H19N3O6S. The van der Waals surface area contributed by atoms with E-state index in [2.05, 4.69) is 10.6 Å². The van der Waals surface area contributed by atoms with Gasteiger partial charge in [0.25, 0.3) is 0 Å². The number of carboxylic acid groups (broad SMARTS) is 1. The van der Waals surface area contributed by atoms with Crippen molar-refractivity contribution in [2.24, 2.45) is 5.73 Å². The van der Waals surface area contributed by atoms with Crippen LogP contribution in [-0.2, 0) is 19.4 Å². The van der Waals surface area contributed by atoms with Crippen molar-refractivity contribution >= 4 is 27.7 Å². The fourth-order valence-corrected chi connectivity index (χ4v) is 1.96. The van der Waals surface area contributed by atoms with E-state index in [1.165, 1.54) is 0 Å². The summed E-state index contributed by atoms with van der Waals surface area (Å²) < 4.78 is 21.7. The molecular weight excluding hydrogens is 290 g/mol. The largest absolute Gasteiger partial charge is 0.480 e. The van der Waals surface area contributed by atoms with Gasteiger partial charge in [-0.15, -0.1) is 0 Å². The number of carbonyl (C=O) groups excluding carboxylic acids is 2. The maximum Gasteiger partial charge on any atom is 0.326 e. The van der Waals surface area contributed by atoms with E-state index in [0.717, 1.165) is 6.26 Å². The van der Waals surface area contributed by atoms with Crippen molar-refractivity contribution < 1.29 is 27.9 Å². The Morgan fingerprint density at radius 2 is 1.90 bits per heavy atom. The lowest BCUT2D eigenvalue weighted by molar-refractivity contribution is -0.139. The number of hydrogen-bond acceptors (Lipinski definition) is 5. The molecule has 0 spiro atoms. The van der Waals surface area contributed by atoms with E-state index in [0.29, 0.717) is 0 Å². The van der Waals surface area contributed by atoms with E-state index in [-0.39, 0.29) is 31.6 Å². The van der Waals surface area contributed by atoms with Gasteiger partial charge in [-0.1, -0.05) is 0 Å². The minimum atomic E-state index is -3.09. The first-order valence-corrected chi connectivity index (χ1v) is 7.91. The number of primary amides is 1. The van der Waals surface area contributed by atoms with Crippen molar-refractivity contribution in [3.63, 3.8) is 0 Å². The summed E-state index contributed by atoms with van der Waals surface area (Å²) in [6.45, 7) is 0.0983. The van der Waals surface area contributed by atoms with Gasteiger partial charge < -0.3 is 21.5 Å². The van der Waals surface area contributed by atoms with Gasteiger partial charge in [-0.05, 0) is 12.8 Å². The first-order chi connectivity index (χ1) is 9.11. The lowest BCUT2D eigenvalue weighted by atomic mass is 10.1. The average molecular weight is 309 g/mol. The maximum atomic E-state index is 11.4. The number of nitrogens with two attached hydrogens (primary N) is 1. The zero-order chi connectivity index (χ0) is 15.8. The zero-order valence-electron chi connectivity index (χ0n) is 11.1. The molecule has 0 fully saturated rings. The predicted molar refractivity (Wildman–Crippen MR) is 70.7 cm³/mol.